The van der Waals surface area contributed by atoms with E-state index < -0.39 is 5.97 Å². The Labute approximate surface area is 109 Å². The molecule has 0 saturated carbocycles. The first-order valence-electron chi connectivity index (χ1n) is 5.75. The molecular formula is C13H13N3O3. The van der Waals surface area contributed by atoms with Gasteiger partial charge in [0.05, 0.1) is 11.9 Å². The molecule has 0 aliphatic carbocycles. The van der Waals surface area contributed by atoms with Gasteiger partial charge in [0.15, 0.2) is 0 Å². The lowest BCUT2D eigenvalue weighted by Crippen LogP contribution is -2.26. The van der Waals surface area contributed by atoms with Gasteiger partial charge in [0.1, 0.15) is 0 Å². The Kier molecular flexibility index (Phi) is 3.92. The summed E-state index contributed by atoms with van der Waals surface area (Å²) in [7, 11) is 0. The van der Waals surface area contributed by atoms with Crippen molar-refractivity contribution in [2.75, 3.05) is 6.54 Å². The van der Waals surface area contributed by atoms with Gasteiger partial charge in [-0.25, -0.2) is 9.78 Å². The minimum atomic E-state index is -1.05. The van der Waals surface area contributed by atoms with E-state index in [2.05, 4.69) is 15.3 Å². The summed E-state index contributed by atoms with van der Waals surface area (Å²) in [5.74, 6) is -1.34. The first-order valence-corrected chi connectivity index (χ1v) is 5.75. The second-order valence-corrected chi connectivity index (χ2v) is 3.97. The van der Waals surface area contributed by atoms with E-state index in [0.717, 1.165) is 5.69 Å². The molecule has 0 atom stereocenters. The molecule has 3 N–H and O–H groups in total. The standard InChI is InChI=1S/C13H13N3O3/c17-12(15-5-4-11-7-14-8-16-11)9-2-1-3-10(6-9)13(18)19/h1-3,6-8H,4-5H2,(H,14,16)(H,15,17)(H,18,19). The number of hydrogen-bond acceptors (Lipinski definition) is 3. The lowest BCUT2D eigenvalue weighted by atomic mass is 10.1. The van der Waals surface area contributed by atoms with Gasteiger partial charge < -0.3 is 15.4 Å². The number of aromatic carboxylic acids is 1. The quantitative estimate of drug-likeness (QED) is 0.748. The van der Waals surface area contributed by atoms with Gasteiger partial charge in [0.2, 0.25) is 0 Å². The van der Waals surface area contributed by atoms with Crippen molar-refractivity contribution in [3.8, 4) is 0 Å². The SMILES string of the molecule is O=C(O)c1cccc(C(=O)NCCc2cnc[nH]2)c1. The molecule has 6 heteroatoms. The van der Waals surface area contributed by atoms with Gasteiger partial charge in [-0.1, -0.05) is 6.07 Å². The summed E-state index contributed by atoms with van der Waals surface area (Å²) in [6.45, 7) is 0.457. The highest BCUT2D eigenvalue weighted by molar-refractivity contribution is 5.97. The van der Waals surface area contributed by atoms with Crippen LogP contribution in [-0.4, -0.2) is 33.5 Å². The molecule has 6 nitrogen and oxygen atoms in total. The fraction of sp³-hybridized carbons (Fsp3) is 0.154. The molecule has 1 aromatic heterocycles. The molecule has 0 fully saturated rings. The first kappa shape index (κ1) is 12.8. The van der Waals surface area contributed by atoms with Crippen LogP contribution in [-0.2, 0) is 6.42 Å². The van der Waals surface area contributed by atoms with E-state index in [-0.39, 0.29) is 11.5 Å². The first-order chi connectivity index (χ1) is 9.16. The van der Waals surface area contributed by atoms with Crippen LogP contribution in [0.1, 0.15) is 26.4 Å². The van der Waals surface area contributed by atoms with Gasteiger partial charge in [-0.05, 0) is 18.2 Å². The summed E-state index contributed by atoms with van der Waals surface area (Å²) in [4.78, 5) is 29.4. The van der Waals surface area contributed by atoms with E-state index in [4.69, 9.17) is 5.11 Å². The molecule has 0 unspecified atom stereocenters. The number of hydrogen-bond donors (Lipinski definition) is 3. The molecule has 0 aliphatic rings. The third-order valence-electron chi connectivity index (χ3n) is 2.61. The van der Waals surface area contributed by atoms with Crippen LogP contribution in [0, 0.1) is 0 Å². The smallest absolute Gasteiger partial charge is 0.335 e. The average Bonchev–Trinajstić information content (AvgIpc) is 2.92. The number of carbonyl (C=O) groups is 2. The maximum atomic E-state index is 11.8. The lowest BCUT2D eigenvalue weighted by Gasteiger charge is -2.05. The number of imidazole rings is 1. The van der Waals surface area contributed by atoms with Crippen LogP contribution in [0.5, 0.6) is 0 Å². The van der Waals surface area contributed by atoms with E-state index in [1.54, 1.807) is 24.7 Å². The number of rotatable bonds is 5. The third kappa shape index (κ3) is 3.41. The molecule has 0 radical (unpaired) electrons. The second kappa shape index (κ2) is 5.81. The summed E-state index contributed by atoms with van der Waals surface area (Å²) in [6, 6.07) is 5.93. The van der Waals surface area contributed by atoms with Gasteiger partial charge in [-0.15, -0.1) is 0 Å². The van der Waals surface area contributed by atoms with Crippen molar-refractivity contribution in [1.29, 1.82) is 0 Å². The van der Waals surface area contributed by atoms with Crippen molar-refractivity contribution in [3.63, 3.8) is 0 Å². The van der Waals surface area contributed by atoms with Crippen molar-refractivity contribution >= 4 is 11.9 Å². The zero-order chi connectivity index (χ0) is 13.7. The largest absolute Gasteiger partial charge is 0.478 e. The number of carboxylic acid groups (broad SMARTS) is 1. The molecule has 1 aromatic carbocycles. The van der Waals surface area contributed by atoms with Gasteiger partial charge in [-0.2, -0.15) is 0 Å². The molecule has 98 valence electrons. The Morgan fingerprint density at radius 1 is 1.32 bits per heavy atom. The second-order valence-electron chi connectivity index (χ2n) is 3.97. The number of amides is 1. The summed E-state index contributed by atoms with van der Waals surface area (Å²) < 4.78 is 0. The number of aromatic nitrogens is 2. The number of benzene rings is 1. The van der Waals surface area contributed by atoms with Gasteiger partial charge in [0, 0.05) is 30.4 Å². The number of nitrogens with one attached hydrogen (secondary N) is 2. The number of nitrogens with zero attached hydrogens (tertiary/aromatic N) is 1. The van der Waals surface area contributed by atoms with E-state index in [0.29, 0.717) is 18.5 Å². The van der Waals surface area contributed by atoms with Crippen LogP contribution < -0.4 is 5.32 Å². The van der Waals surface area contributed by atoms with E-state index in [1.807, 2.05) is 0 Å². The fourth-order valence-corrected chi connectivity index (χ4v) is 1.63. The summed E-state index contributed by atoms with van der Waals surface area (Å²) in [6.07, 6.45) is 3.91. The van der Waals surface area contributed by atoms with Crippen molar-refractivity contribution in [1.82, 2.24) is 15.3 Å². The molecule has 2 aromatic rings. The Morgan fingerprint density at radius 3 is 2.79 bits per heavy atom. The van der Waals surface area contributed by atoms with E-state index >= 15 is 0 Å². The van der Waals surface area contributed by atoms with Crippen LogP contribution in [0.3, 0.4) is 0 Å². The van der Waals surface area contributed by atoms with Crippen molar-refractivity contribution in [2.24, 2.45) is 0 Å². The molecule has 19 heavy (non-hydrogen) atoms. The highest BCUT2D eigenvalue weighted by Gasteiger charge is 2.08. The molecule has 1 heterocycles. The summed E-state index contributed by atoms with van der Waals surface area (Å²) in [5.41, 5.74) is 1.37. The lowest BCUT2D eigenvalue weighted by molar-refractivity contribution is 0.0697. The van der Waals surface area contributed by atoms with Gasteiger partial charge in [-0.3, -0.25) is 4.79 Å². The Hall–Kier alpha value is -2.63. The van der Waals surface area contributed by atoms with E-state index in [1.165, 1.54) is 12.1 Å². The highest BCUT2D eigenvalue weighted by Crippen LogP contribution is 2.05. The van der Waals surface area contributed by atoms with Crippen LogP contribution in [0.2, 0.25) is 0 Å². The monoisotopic (exact) mass is 259 g/mol. The van der Waals surface area contributed by atoms with Crippen molar-refractivity contribution < 1.29 is 14.7 Å². The normalized spacial score (nSPS) is 10.1. The van der Waals surface area contributed by atoms with Crippen LogP contribution in [0.25, 0.3) is 0 Å². The fourth-order valence-electron chi connectivity index (χ4n) is 1.63. The van der Waals surface area contributed by atoms with Crippen LogP contribution in [0.4, 0.5) is 0 Å². The minimum Gasteiger partial charge on any atom is -0.478 e. The van der Waals surface area contributed by atoms with Crippen molar-refractivity contribution in [2.45, 2.75) is 6.42 Å². The van der Waals surface area contributed by atoms with Gasteiger partial charge in [0.25, 0.3) is 5.91 Å². The average molecular weight is 259 g/mol. The molecular weight excluding hydrogens is 246 g/mol. The molecule has 0 bridgehead atoms. The van der Waals surface area contributed by atoms with Crippen LogP contribution in [0.15, 0.2) is 36.8 Å². The summed E-state index contributed by atoms with van der Waals surface area (Å²) in [5, 5.41) is 11.6. The van der Waals surface area contributed by atoms with Gasteiger partial charge >= 0.3 is 5.97 Å². The maximum absolute atomic E-state index is 11.8. The Bertz CT molecular complexity index is 579. The molecule has 0 aliphatic heterocycles. The van der Waals surface area contributed by atoms with Crippen LogP contribution >= 0.6 is 0 Å². The zero-order valence-electron chi connectivity index (χ0n) is 10.1. The molecule has 0 saturated heterocycles. The predicted octanol–water partition coefficient (Wildman–Crippen LogP) is 1.08. The highest BCUT2D eigenvalue weighted by atomic mass is 16.4. The van der Waals surface area contributed by atoms with E-state index in [9.17, 15) is 9.59 Å². The Balaban J connectivity index is 1.92. The predicted molar refractivity (Wildman–Crippen MR) is 68.0 cm³/mol. The maximum Gasteiger partial charge on any atom is 0.335 e. The molecule has 2 rings (SSSR count). The Morgan fingerprint density at radius 2 is 2.11 bits per heavy atom. The number of H-pyrrole nitrogens is 1. The number of carboxylic acids is 1. The zero-order valence-corrected chi connectivity index (χ0v) is 10.1. The summed E-state index contributed by atoms with van der Waals surface area (Å²) >= 11 is 0. The van der Waals surface area contributed by atoms with Crippen molar-refractivity contribution in [3.05, 3.63) is 53.6 Å². The minimum absolute atomic E-state index is 0.0983. The third-order valence-corrected chi connectivity index (χ3v) is 2.61. The number of aromatic amines is 1. The topological polar surface area (TPSA) is 95.1 Å². The number of carbonyl (C=O) groups excluding carboxylic acids is 1. The molecule has 1 amide bonds. The molecule has 0 spiro atoms.